The number of alkyl halides is 8. The fourth-order valence-corrected chi connectivity index (χ4v) is 9.36. The van der Waals surface area contributed by atoms with Crippen molar-refractivity contribution in [3.63, 3.8) is 0 Å². The Morgan fingerprint density at radius 3 is 1.27 bits per heavy atom. The fraction of sp³-hybridized carbons (Fsp3) is 0.182. The van der Waals surface area contributed by atoms with Crippen LogP contribution >= 0.6 is 151 Å². The largest absolute Gasteiger partial charge is 1.00 e. The number of hydrogen-bond acceptors (Lipinski definition) is 7. The molecule has 0 amide bonds. The van der Waals surface area contributed by atoms with Crippen LogP contribution in [0.1, 0.15) is 0 Å². The summed E-state index contributed by atoms with van der Waals surface area (Å²) in [4.78, 5) is -1.59. The first-order valence-electron chi connectivity index (χ1n) is 11.0. The number of hydrogen-bond donors (Lipinski definition) is 0. The first kappa shape index (κ1) is 47.7. The molecule has 49 heavy (non-hydrogen) atoms. The van der Waals surface area contributed by atoms with Crippen molar-refractivity contribution >= 4 is 161 Å². The Morgan fingerprint density at radius 1 is 0.551 bits per heavy atom. The molecule has 4 nitrogen and oxygen atoms in total. The zero-order valence-electron chi connectivity index (χ0n) is 22.3. The van der Waals surface area contributed by atoms with E-state index in [1.54, 1.807) is 0 Å². The molecule has 0 N–H and O–H groups in total. The van der Waals surface area contributed by atoms with Gasteiger partial charge in [0.25, 0.3) is 0 Å². The van der Waals surface area contributed by atoms with Crippen molar-refractivity contribution in [1.82, 2.24) is 0 Å². The maximum atomic E-state index is 14.7. The van der Waals surface area contributed by atoms with Gasteiger partial charge in [-0.05, 0) is 30.0 Å². The van der Waals surface area contributed by atoms with E-state index in [9.17, 15) is 48.1 Å². The molecule has 3 rings (SSSR count). The summed E-state index contributed by atoms with van der Waals surface area (Å²) >= 11 is 61.6. The Balaban J connectivity index is 0.00000833. The Bertz CT molecular complexity index is 1890. The van der Waals surface area contributed by atoms with Gasteiger partial charge in [0, 0.05) is 9.79 Å². The van der Waals surface area contributed by atoms with E-state index in [1.807, 2.05) is 0 Å². The van der Waals surface area contributed by atoms with Crippen LogP contribution in [0.4, 0.5) is 35.1 Å². The molecule has 0 bridgehead atoms. The average molecular weight is 1010 g/mol. The second-order valence-electron chi connectivity index (χ2n) is 8.35. The molecule has 266 valence electrons. The molecule has 0 unspecified atom stereocenters. The van der Waals surface area contributed by atoms with Crippen LogP contribution < -0.4 is 51.4 Å². The van der Waals surface area contributed by atoms with Gasteiger partial charge in [-0.1, -0.05) is 140 Å². The van der Waals surface area contributed by atoms with E-state index in [0.29, 0.717) is 11.8 Å². The number of thioether (sulfide) groups is 1. The summed E-state index contributed by atoms with van der Waals surface area (Å²) in [6.07, 6.45) is -13.6. The number of ether oxygens (including phenoxy) is 1. The molecule has 0 saturated heterocycles. The molecule has 0 radical (unpaired) electrons. The van der Waals surface area contributed by atoms with E-state index in [0.717, 1.165) is 17.8 Å². The molecular formula is C22H3Cl10F8KO4S4. The summed E-state index contributed by atoms with van der Waals surface area (Å²) in [5, 5.41) is -16.1. The third kappa shape index (κ3) is 10.1. The van der Waals surface area contributed by atoms with Crippen molar-refractivity contribution in [2.75, 3.05) is 0 Å². The van der Waals surface area contributed by atoms with Crippen LogP contribution in [-0.2, 0) is 14.9 Å². The zero-order chi connectivity index (χ0) is 37.1. The maximum Gasteiger partial charge on any atom is 1.00 e. The van der Waals surface area contributed by atoms with Gasteiger partial charge in [-0.15, -0.1) is 0 Å². The molecule has 0 aliphatic rings. The Kier molecular flexibility index (Phi) is 16.9. The van der Waals surface area contributed by atoms with Gasteiger partial charge in [-0.2, -0.15) is 35.1 Å². The summed E-state index contributed by atoms with van der Waals surface area (Å²) in [5.74, 6) is 0. The van der Waals surface area contributed by atoms with Crippen LogP contribution in [0.15, 0.2) is 42.7 Å². The summed E-state index contributed by atoms with van der Waals surface area (Å²) in [7, 11) is -7.39. The van der Waals surface area contributed by atoms with Gasteiger partial charge in [0.05, 0.1) is 64.9 Å². The van der Waals surface area contributed by atoms with E-state index in [4.69, 9.17) is 116 Å². The Labute approximate surface area is 375 Å². The van der Waals surface area contributed by atoms with Crippen LogP contribution in [0.2, 0.25) is 50.2 Å². The Morgan fingerprint density at radius 2 is 0.878 bits per heavy atom. The second kappa shape index (κ2) is 17.4. The predicted molar refractivity (Wildman–Crippen MR) is 174 cm³/mol. The summed E-state index contributed by atoms with van der Waals surface area (Å²) in [6.45, 7) is 0. The van der Waals surface area contributed by atoms with Gasteiger partial charge in [0.1, 0.15) is 0 Å². The minimum atomic E-state index is -7.39. The van der Waals surface area contributed by atoms with Crippen molar-refractivity contribution in [2.24, 2.45) is 0 Å². The van der Waals surface area contributed by atoms with Crippen LogP contribution in [-0.4, -0.2) is 35.7 Å². The third-order valence-electron chi connectivity index (χ3n) is 5.14. The molecule has 0 saturated carbocycles. The first-order chi connectivity index (χ1) is 21.6. The number of rotatable bonds is 11. The van der Waals surface area contributed by atoms with Crippen LogP contribution in [0, 0.1) is 0 Å². The molecule has 0 atom stereocenters. The zero-order valence-corrected chi connectivity index (χ0v) is 36.2. The molecule has 0 aliphatic carbocycles. The third-order valence-corrected chi connectivity index (χ3v) is 14.3. The minimum Gasteiger partial charge on any atom is -0.743 e. The normalized spacial score (nSPS) is 13.1. The summed E-state index contributed by atoms with van der Waals surface area (Å²) in [6, 6.07) is 3.45. The van der Waals surface area contributed by atoms with Crippen LogP contribution in [0.3, 0.4) is 0 Å². The molecule has 0 heterocycles. The Hall–Kier alpha value is 2.56. The van der Waals surface area contributed by atoms with Crippen molar-refractivity contribution in [3.8, 4) is 0 Å². The molecule has 0 fully saturated rings. The van der Waals surface area contributed by atoms with E-state index >= 15 is 0 Å². The average Bonchev–Trinajstić information content (AvgIpc) is 2.94. The van der Waals surface area contributed by atoms with Gasteiger partial charge in [0.2, 0.25) is 0 Å². The molecule has 0 spiro atoms. The van der Waals surface area contributed by atoms with Crippen molar-refractivity contribution in [1.29, 1.82) is 0 Å². The molecule has 3 aromatic rings. The number of halogens is 18. The van der Waals surface area contributed by atoms with Crippen molar-refractivity contribution in [2.45, 2.75) is 47.2 Å². The van der Waals surface area contributed by atoms with E-state index in [1.165, 1.54) is 12.1 Å². The van der Waals surface area contributed by atoms with E-state index in [2.05, 4.69) is 4.74 Å². The molecule has 0 aliphatic heterocycles. The summed E-state index contributed by atoms with van der Waals surface area (Å²) < 4.78 is 146. The SMILES string of the molecule is O=S(=O)([O-])C(F)(F)C(F)(F)OC(F)(F)C(F)(F)Sc1c(Cl)c(Cl)cc(Sc2c(Cl)c(Cl)cc(Sc3c(Cl)c(Cl)cc(Cl)c3Cl)c2Cl)c1Cl.[K+]. The van der Waals surface area contributed by atoms with Gasteiger partial charge >= 0.3 is 74.1 Å². The predicted octanol–water partition coefficient (Wildman–Crippen LogP) is 11.6. The molecule has 0 aromatic heterocycles. The standard InChI is InChI=1S/C22H4Cl10F8O4S4.K/c23-4-1-5(24)11(28)16(10(4)27)45-8-2-6(25)12(29)17(14(8)31)46-9-3-7(26)13(30)18(15(9)32)47-21(37,38)19(33,34)44-20(35,36)22(39,40)48(41,42)43;/h1-3H,(H,41,42,43);/q;+1/p-1. The number of benzene rings is 3. The van der Waals surface area contributed by atoms with Crippen molar-refractivity contribution in [3.05, 3.63) is 68.4 Å². The smallest absolute Gasteiger partial charge is 0.743 e. The van der Waals surface area contributed by atoms with Crippen LogP contribution in [0.5, 0.6) is 0 Å². The summed E-state index contributed by atoms with van der Waals surface area (Å²) in [5.41, 5.74) is 0. The van der Waals surface area contributed by atoms with Crippen LogP contribution in [0.25, 0.3) is 0 Å². The molecule has 27 heteroatoms. The molecular weight excluding hydrogens is 1000 g/mol. The topological polar surface area (TPSA) is 66.4 Å². The minimum absolute atomic E-state index is 0. The van der Waals surface area contributed by atoms with E-state index < -0.39 is 69.5 Å². The monoisotopic (exact) mass is 1000 g/mol. The van der Waals surface area contributed by atoms with Gasteiger partial charge in [-0.25, -0.2) is 13.2 Å². The van der Waals surface area contributed by atoms with Gasteiger partial charge in [-0.3, -0.25) is 0 Å². The van der Waals surface area contributed by atoms with Crippen molar-refractivity contribution < 1.29 is 104 Å². The fourth-order valence-electron chi connectivity index (χ4n) is 2.92. The maximum absolute atomic E-state index is 14.7. The molecule has 3 aromatic carbocycles. The van der Waals surface area contributed by atoms with Gasteiger partial charge in [0.15, 0.2) is 10.1 Å². The quantitative estimate of drug-likeness (QED) is 0.0623. The van der Waals surface area contributed by atoms with E-state index in [-0.39, 0.29) is 101 Å². The second-order valence-corrected chi connectivity index (χ2v) is 16.9. The van der Waals surface area contributed by atoms with Gasteiger partial charge < -0.3 is 4.55 Å². The first-order valence-corrected chi connectivity index (χ1v) is 18.6.